The average molecular weight is 327 g/mol. The molecule has 126 valence electrons. The lowest BCUT2D eigenvalue weighted by molar-refractivity contribution is -0.143. The van der Waals surface area contributed by atoms with Crippen molar-refractivity contribution < 1.29 is 19.4 Å². The van der Waals surface area contributed by atoms with Gasteiger partial charge in [-0.15, -0.1) is 0 Å². The van der Waals surface area contributed by atoms with Gasteiger partial charge in [0.1, 0.15) is 11.8 Å². The Balaban J connectivity index is 1.90. The molecular weight excluding hydrogens is 306 g/mol. The Morgan fingerprint density at radius 3 is 2.12 bits per heavy atom. The summed E-state index contributed by atoms with van der Waals surface area (Å²) in [6.45, 7) is 3.26. The largest absolute Gasteiger partial charge is 0.484 e. The highest BCUT2D eigenvalue weighted by molar-refractivity contribution is 5.84. The summed E-state index contributed by atoms with van der Waals surface area (Å²) in [6, 6.07) is 16.4. The Morgan fingerprint density at radius 1 is 1.00 bits per heavy atom. The predicted molar refractivity (Wildman–Crippen MR) is 91.8 cm³/mol. The van der Waals surface area contributed by atoms with Crippen molar-refractivity contribution in [2.24, 2.45) is 5.92 Å². The summed E-state index contributed by atoms with van der Waals surface area (Å²) >= 11 is 0. The molecule has 1 atom stereocenters. The van der Waals surface area contributed by atoms with Crippen LogP contribution in [0.3, 0.4) is 0 Å². The van der Waals surface area contributed by atoms with Crippen molar-refractivity contribution in [3.63, 3.8) is 0 Å². The van der Waals surface area contributed by atoms with Crippen LogP contribution in [0.1, 0.15) is 13.8 Å². The molecule has 0 aliphatic heterocycles. The van der Waals surface area contributed by atoms with Crippen molar-refractivity contribution >= 4 is 11.9 Å². The molecule has 0 heterocycles. The van der Waals surface area contributed by atoms with E-state index in [1.807, 2.05) is 42.5 Å². The van der Waals surface area contributed by atoms with Crippen molar-refractivity contribution in [3.8, 4) is 16.9 Å². The lowest BCUT2D eigenvalue weighted by Crippen LogP contribution is -2.46. The topological polar surface area (TPSA) is 75.6 Å². The van der Waals surface area contributed by atoms with Crippen molar-refractivity contribution in [1.82, 2.24) is 5.32 Å². The van der Waals surface area contributed by atoms with E-state index in [4.69, 9.17) is 9.84 Å². The van der Waals surface area contributed by atoms with Crippen molar-refractivity contribution in [2.75, 3.05) is 6.61 Å². The van der Waals surface area contributed by atoms with E-state index in [2.05, 4.69) is 5.32 Å². The van der Waals surface area contributed by atoms with Crippen LogP contribution in [0.2, 0.25) is 0 Å². The predicted octanol–water partition coefficient (Wildman–Crippen LogP) is 2.96. The highest BCUT2D eigenvalue weighted by atomic mass is 16.5. The maximum atomic E-state index is 11.8. The number of rotatable bonds is 7. The van der Waals surface area contributed by atoms with Gasteiger partial charge in [0.25, 0.3) is 5.91 Å². The van der Waals surface area contributed by atoms with Gasteiger partial charge in [-0.2, -0.15) is 0 Å². The van der Waals surface area contributed by atoms with Gasteiger partial charge >= 0.3 is 5.97 Å². The maximum absolute atomic E-state index is 11.8. The molecule has 0 aromatic heterocycles. The minimum atomic E-state index is -1.05. The summed E-state index contributed by atoms with van der Waals surface area (Å²) < 4.78 is 5.41. The molecule has 0 radical (unpaired) electrons. The molecule has 0 saturated carbocycles. The fraction of sp³-hybridized carbons (Fsp3) is 0.263. The molecule has 0 saturated heterocycles. The Labute approximate surface area is 141 Å². The van der Waals surface area contributed by atoms with Crippen LogP contribution in [-0.2, 0) is 9.59 Å². The van der Waals surface area contributed by atoms with Gasteiger partial charge in [0.15, 0.2) is 6.61 Å². The van der Waals surface area contributed by atoms with Gasteiger partial charge in [0.05, 0.1) is 0 Å². The number of aliphatic carboxylic acids is 1. The molecule has 0 aliphatic rings. The van der Waals surface area contributed by atoms with Crippen molar-refractivity contribution in [1.29, 1.82) is 0 Å². The second-order valence-electron chi connectivity index (χ2n) is 5.81. The Morgan fingerprint density at radius 2 is 1.58 bits per heavy atom. The number of amides is 1. The van der Waals surface area contributed by atoms with Gasteiger partial charge in [0, 0.05) is 0 Å². The Bertz CT molecular complexity index is 680. The molecule has 5 heteroatoms. The quantitative estimate of drug-likeness (QED) is 0.820. The molecule has 0 aliphatic carbocycles. The first-order chi connectivity index (χ1) is 11.5. The Kier molecular flexibility index (Phi) is 5.95. The van der Waals surface area contributed by atoms with E-state index >= 15 is 0 Å². The lowest BCUT2D eigenvalue weighted by atomic mass is 10.1. The number of hydrogen-bond acceptors (Lipinski definition) is 3. The highest BCUT2D eigenvalue weighted by Gasteiger charge is 2.23. The SMILES string of the molecule is CC(C)[C@H](NC(=O)COc1ccc(-c2ccccc2)cc1)C(=O)O. The van der Waals surface area contributed by atoms with Crippen molar-refractivity contribution in [2.45, 2.75) is 19.9 Å². The zero-order valence-corrected chi connectivity index (χ0v) is 13.7. The summed E-state index contributed by atoms with van der Waals surface area (Å²) in [4.78, 5) is 22.9. The number of carboxylic acid groups (broad SMARTS) is 1. The van der Waals surface area contributed by atoms with Gasteiger partial charge in [-0.3, -0.25) is 4.79 Å². The molecule has 2 N–H and O–H groups in total. The van der Waals surface area contributed by atoms with Gasteiger partial charge in [-0.1, -0.05) is 56.3 Å². The standard InChI is InChI=1S/C19H21NO4/c1-13(2)18(19(22)23)20-17(21)12-24-16-10-8-15(9-11-16)14-6-4-3-5-7-14/h3-11,13,18H,12H2,1-2H3,(H,20,21)(H,22,23)/t18-/m0/s1. The molecule has 0 bridgehead atoms. The van der Waals surface area contributed by atoms with E-state index in [-0.39, 0.29) is 12.5 Å². The smallest absolute Gasteiger partial charge is 0.326 e. The molecule has 2 aromatic rings. The summed E-state index contributed by atoms with van der Waals surface area (Å²) in [5.41, 5.74) is 2.15. The van der Waals surface area contributed by atoms with E-state index in [0.29, 0.717) is 5.75 Å². The van der Waals surface area contributed by atoms with E-state index in [1.165, 1.54) is 0 Å². The summed E-state index contributed by atoms with van der Waals surface area (Å²) in [5, 5.41) is 11.5. The summed E-state index contributed by atoms with van der Waals surface area (Å²) in [6.07, 6.45) is 0. The summed E-state index contributed by atoms with van der Waals surface area (Å²) in [5.74, 6) is -1.15. The normalized spacial score (nSPS) is 11.8. The first kappa shape index (κ1) is 17.5. The Hall–Kier alpha value is -2.82. The van der Waals surface area contributed by atoms with Crippen LogP contribution in [0.15, 0.2) is 54.6 Å². The number of hydrogen-bond donors (Lipinski definition) is 2. The number of carboxylic acids is 1. The number of carbonyl (C=O) groups is 2. The van der Waals surface area contributed by atoms with Crippen LogP contribution in [0, 0.1) is 5.92 Å². The van der Waals surface area contributed by atoms with E-state index in [9.17, 15) is 9.59 Å². The second-order valence-corrected chi connectivity index (χ2v) is 5.81. The monoisotopic (exact) mass is 327 g/mol. The maximum Gasteiger partial charge on any atom is 0.326 e. The fourth-order valence-corrected chi connectivity index (χ4v) is 2.25. The molecule has 2 aromatic carbocycles. The molecule has 24 heavy (non-hydrogen) atoms. The zero-order chi connectivity index (χ0) is 17.5. The molecule has 0 unspecified atom stereocenters. The van der Waals surface area contributed by atoms with E-state index in [0.717, 1.165) is 11.1 Å². The van der Waals surface area contributed by atoms with E-state index in [1.54, 1.807) is 26.0 Å². The van der Waals surface area contributed by atoms with Gasteiger partial charge in [-0.25, -0.2) is 4.79 Å². The number of nitrogens with one attached hydrogen (secondary N) is 1. The average Bonchev–Trinajstić information content (AvgIpc) is 2.58. The number of benzene rings is 2. The third-order valence-corrected chi connectivity index (χ3v) is 3.58. The first-order valence-electron chi connectivity index (χ1n) is 7.78. The highest BCUT2D eigenvalue weighted by Crippen LogP contribution is 2.21. The molecule has 2 rings (SSSR count). The van der Waals surface area contributed by atoms with Gasteiger partial charge in [0.2, 0.25) is 0 Å². The van der Waals surface area contributed by atoms with Crippen LogP contribution in [0.4, 0.5) is 0 Å². The van der Waals surface area contributed by atoms with E-state index < -0.39 is 17.9 Å². The fourth-order valence-electron chi connectivity index (χ4n) is 2.25. The summed E-state index contributed by atoms with van der Waals surface area (Å²) in [7, 11) is 0. The molecule has 0 fully saturated rings. The molecule has 1 amide bonds. The van der Waals surface area contributed by atoms with Crippen LogP contribution in [-0.4, -0.2) is 29.6 Å². The van der Waals surface area contributed by atoms with Crippen LogP contribution < -0.4 is 10.1 Å². The van der Waals surface area contributed by atoms with Crippen LogP contribution in [0.25, 0.3) is 11.1 Å². The van der Waals surface area contributed by atoms with Crippen molar-refractivity contribution in [3.05, 3.63) is 54.6 Å². The number of carbonyl (C=O) groups excluding carboxylic acids is 1. The molecular formula is C19H21NO4. The zero-order valence-electron chi connectivity index (χ0n) is 13.7. The second kappa shape index (κ2) is 8.15. The minimum absolute atomic E-state index is 0.198. The molecule has 5 nitrogen and oxygen atoms in total. The third kappa shape index (κ3) is 4.84. The van der Waals surface area contributed by atoms with Gasteiger partial charge < -0.3 is 15.2 Å². The minimum Gasteiger partial charge on any atom is -0.484 e. The third-order valence-electron chi connectivity index (χ3n) is 3.58. The first-order valence-corrected chi connectivity index (χ1v) is 7.78. The van der Waals surface area contributed by atoms with Gasteiger partial charge in [-0.05, 0) is 29.2 Å². The molecule has 0 spiro atoms. The number of ether oxygens (including phenoxy) is 1. The van der Waals surface area contributed by atoms with Crippen LogP contribution >= 0.6 is 0 Å². The lowest BCUT2D eigenvalue weighted by Gasteiger charge is -2.18. The van der Waals surface area contributed by atoms with Crippen LogP contribution in [0.5, 0.6) is 5.75 Å².